The van der Waals surface area contributed by atoms with E-state index in [1.165, 1.54) is 25.1 Å². The van der Waals surface area contributed by atoms with Crippen LogP contribution >= 0.6 is 0 Å². The highest BCUT2D eigenvalue weighted by atomic mass is 16.1. The number of aryl methyl sites for hydroxylation is 1. The summed E-state index contributed by atoms with van der Waals surface area (Å²) in [7, 11) is 0. The smallest absolute Gasteiger partial charge is 0.253 e. The van der Waals surface area contributed by atoms with Gasteiger partial charge in [0.2, 0.25) is 5.91 Å². The Kier molecular flexibility index (Phi) is 7.55. The molecular formula is C30H40N3O+. The maximum atomic E-state index is 13.3. The van der Waals surface area contributed by atoms with E-state index in [-0.39, 0.29) is 11.8 Å². The number of hydrogen-bond donors (Lipinski definition) is 1. The summed E-state index contributed by atoms with van der Waals surface area (Å²) in [5, 5.41) is 0. The van der Waals surface area contributed by atoms with Crippen LogP contribution in [0.1, 0.15) is 75.4 Å². The molecule has 2 aromatic carbocycles. The van der Waals surface area contributed by atoms with Gasteiger partial charge in [-0.15, -0.1) is 0 Å². The van der Waals surface area contributed by atoms with Crippen molar-refractivity contribution in [3.05, 3.63) is 90.0 Å². The van der Waals surface area contributed by atoms with Crippen LogP contribution in [-0.4, -0.2) is 10.5 Å². The lowest BCUT2D eigenvalue weighted by Gasteiger charge is -2.37. The van der Waals surface area contributed by atoms with Gasteiger partial charge in [0.1, 0.15) is 23.9 Å². The number of amides is 1. The van der Waals surface area contributed by atoms with Crippen molar-refractivity contribution in [3.8, 4) is 0 Å². The predicted octanol–water partition coefficient (Wildman–Crippen LogP) is 5.72. The Bertz CT molecular complexity index is 1030. The summed E-state index contributed by atoms with van der Waals surface area (Å²) in [6.07, 6.45) is 11.2. The minimum atomic E-state index is -0.814. The van der Waals surface area contributed by atoms with Gasteiger partial charge in [-0.1, -0.05) is 80.9 Å². The number of aromatic nitrogens is 2. The molecular weight excluding hydrogens is 418 g/mol. The fourth-order valence-electron chi connectivity index (χ4n) is 6.10. The van der Waals surface area contributed by atoms with Gasteiger partial charge < -0.3 is 5.73 Å². The summed E-state index contributed by atoms with van der Waals surface area (Å²) < 4.78 is 4.83. The number of unbranched alkanes of at least 4 members (excludes halogenated alkanes) is 1. The van der Waals surface area contributed by atoms with Gasteiger partial charge in [-0.05, 0) is 55.1 Å². The van der Waals surface area contributed by atoms with E-state index in [2.05, 4.69) is 66.6 Å². The van der Waals surface area contributed by atoms with Crippen molar-refractivity contribution in [1.29, 1.82) is 0 Å². The molecule has 2 atom stereocenters. The number of carbonyl (C=O) groups excluding carboxylic acids is 1. The molecule has 0 spiro atoms. The van der Waals surface area contributed by atoms with Gasteiger partial charge in [0.05, 0.1) is 6.54 Å². The van der Waals surface area contributed by atoms with Crippen LogP contribution in [0.3, 0.4) is 0 Å². The molecule has 4 nitrogen and oxygen atoms in total. The fourth-order valence-corrected chi connectivity index (χ4v) is 6.10. The van der Waals surface area contributed by atoms with Crippen molar-refractivity contribution in [2.45, 2.75) is 77.3 Å². The highest BCUT2D eigenvalue weighted by Gasteiger charge is 2.51. The molecule has 0 bridgehead atoms. The summed E-state index contributed by atoms with van der Waals surface area (Å²) in [5.41, 5.74) is 7.47. The topological polar surface area (TPSA) is 51.9 Å². The molecule has 1 heterocycles. The first kappa shape index (κ1) is 24.3. The largest absolute Gasteiger partial charge is 0.369 e. The average Bonchev–Trinajstić information content (AvgIpc) is 3.45. The second-order valence-corrected chi connectivity index (χ2v) is 10.4. The van der Waals surface area contributed by atoms with Crippen molar-refractivity contribution < 1.29 is 9.36 Å². The zero-order valence-corrected chi connectivity index (χ0v) is 21.0. The predicted molar refractivity (Wildman–Crippen MR) is 137 cm³/mol. The van der Waals surface area contributed by atoms with Gasteiger partial charge in [-0.3, -0.25) is 4.79 Å². The summed E-state index contributed by atoms with van der Waals surface area (Å²) >= 11 is 0. The quantitative estimate of drug-likeness (QED) is 0.306. The first-order chi connectivity index (χ1) is 16.4. The summed E-state index contributed by atoms with van der Waals surface area (Å²) in [6, 6.07) is 20.7. The van der Waals surface area contributed by atoms with Gasteiger partial charge in [0.25, 0.3) is 5.82 Å². The van der Waals surface area contributed by atoms with Gasteiger partial charge in [-0.2, -0.15) is 0 Å². The van der Waals surface area contributed by atoms with E-state index in [9.17, 15) is 4.79 Å². The lowest BCUT2D eigenvalue weighted by Crippen LogP contribution is -2.47. The van der Waals surface area contributed by atoms with Crippen molar-refractivity contribution in [1.82, 2.24) is 4.57 Å². The number of nitrogens with two attached hydrogens (primary N) is 1. The van der Waals surface area contributed by atoms with Gasteiger partial charge >= 0.3 is 0 Å². The van der Waals surface area contributed by atoms with Gasteiger partial charge in [0, 0.05) is 6.92 Å². The number of nitrogens with zero attached hydrogens (tertiary/aromatic N) is 2. The maximum absolute atomic E-state index is 13.3. The molecule has 34 heavy (non-hydrogen) atoms. The molecule has 1 fully saturated rings. The zero-order valence-electron chi connectivity index (χ0n) is 21.0. The first-order valence-corrected chi connectivity index (χ1v) is 12.9. The van der Waals surface area contributed by atoms with E-state index in [0.29, 0.717) is 6.04 Å². The molecule has 0 aliphatic heterocycles. The number of imidazole rings is 1. The van der Waals surface area contributed by atoms with E-state index >= 15 is 0 Å². The number of primary amides is 1. The lowest BCUT2D eigenvalue weighted by atomic mass is 9.64. The highest BCUT2D eigenvalue weighted by Crippen LogP contribution is 2.49. The Labute approximate surface area is 204 Å². The van der Waals surface area contributed by atoms with E-state index in [4.69, 9.17) is 5.73 Å². The maximum Gasteiger partial charge on any atom is 0.253 e. The third-order valence-electron chi connectivity index (χ3n) is 7.88. The van der Waals surface area contributed by atoms with Crippen LogP contribution in [0.15, 0.2) is 73.1 Å². The third kappa shape index (κ3) is 4.68. The fraction of sp³-hybridized carbons (Fsp3) is 0.467. The monoisotopic (exact) mass is 458 g/mol. The molecule has 1 aliphatic carbocycles. The van der Waals surface area contributed by atoms with Crippen LogP contribution < -0.4 is 10.3 Å². The Balaban J connectivity index is 1.60. The zero-order chi connectivity index (χ0) is 24.1. The van der Waals surface area contributed by atoms with E-state index < -0.39 is 5.41 Å². The molecule has 3 aromatic rings. The molecule has 180 valence electrons. The molecule has 4 heteroatoms. The lowest BCUT2D eigenvalue weighted by molar-refractivity contribution is -0.703. The molecule has 0 unspecified atom stereocenters. The average molecular weight is 459 g/mol. The summed E-state index contributed by atoms with van der Waals surface area (Å²) in [6.45, 7) is 7.89. The van der Waals surface area contributed by atoms with Crippen molar-refractivity contribution in [2.24, 2.45) is 17.6 Å². The first-order valence-electron chi connectivity index (χ1n) is 12.9. The third-order valence-corrected chi connectivity index (χ3v) is 7.88. The Morgan fingerprint density at radius 2 is 1.65 bits per heavy atom. The van der Waals surface area contributed by atoms with Crippen LogP contribution in [-0.2, 0) is 16.8 Å². The molecule has 0 radical (unpaired) electrons. The standard InChI is InChI=1S/C30H39N3O/c1-23(2)12-10-11-19-32-20-21-33(24(32)3)28-18-17-27(22-28)30(29(31)34,25-13-6-4-7-14-25)26-15-8-5-9-16-26/h4-9,13-16,20-21,23,27-28H,10-12,17-19,22H2,1-3H3,(H-,31,34)/p+1/t27-,28+/m0/s1. The Hall–Kier alpha value is -2.88. The molecule has 0 saturated heterocycles. The second kappa shape index (κ2) is 10.6. The molecule has 1 amide bonds. The van der Waals surface area contributed by atoms with E-state index in [1.54, 1.807) is 0 Å². The molecule has 1 saturated carbocycles. The SMILES string of the molecule is Cc1n([C@@H]2CC[C@H](C(C(N)=O)(c3ccccc3)c3ccccc3)C2)cc[n+]1CCCCC(C)C. The van der Waals surface area contributed by atoms with Crippen LogP contribution in [0.5, 0.6) is 0 Å². The summed E-state index contributed by atoms with van der Waals surface area (Å²) in [4.78, 5) is 13.3. The van der Waals surface area contributed by atoms with Crippen LogP contribution in [0.4, 0.5) is 0 Å². The second-order valence-electron chi connectivity index (χ2n) is 10.4. The normalized spacial score (nSPS) is 18.5. The van der Waals surface area contributed by atoms with Crippen molar-refractivity contribution in [3.63, 3.8) is 0 Å². The highest BCUT2D eigenvalue weighted by molar-refractivity contribution is 5.91. The van der Waals surface area contributed by atoms with E-state index in [0.717, 1.165) is 42.9 Å². The van der Waals surface area contributed by atoms with Gasteiger partial charge in [-0.25, -0.2) is 9.13 Å². The molecule has 2 N–H and O–H groups in total. The van der Waals surface area contributed by atoms with Crippen LogP contribution in [0.2, 0.25) is 0 Å². The number of hydrogen-bond acceptors (Lipinski definition) is 1. The Morgan fingerprint density at radius 3 is 2.21 bits per heavy atom. The number of rotatable bonds is 10. The van der Waals surface area contributed by atoms with Crippen molar-refractivity contribution in [2.75, 3.05) is 0 Å². The number of carbonyl (C=O) groups is 1. The molecule has 1 aliphatic rings. The minimum Gasteiger partial charge on any atom is -0.369 e. The molecule has 1 aromatic heterocycles. The number of benzene rings is 2. The Morgan fingerprint density at radius 1 is 1.03 bits per heavy atom. The van der Waals surface area contributed by atoms with Crippen LogP contribution in [0, 0.1) is 18.8 Å². The minimum absolute atomic E-state index is 0.154. The summed E-state index contributed by atoms with van der Waals surface area (Å²) in [5.74, 6) is 1.98. The molecule has 4 rings (SSSR count). The van der Waals surface area contributed by atoms with Crippen LogP contribution in [0.25, 0.3) is 0 Å². The van der Waals surface area contributed by atoms with Crippen molar-refractivity contribution >= 4 is 5.91 Å². The van der Waals surface area contributed by atoms with E-state index in [1.807, 2.05) is 36.4 Å². The van der Waals surface area contributed by atoms with Gasteiger partial charge in [0.15, 0.2) is 0 Å².